The second-order valence-corrected chi connectivity index (χ2v) is 6.43. The second kappa shape index (κ2) is 6.73. The number of fused-ring (bicyclic) bond motifs is 1. The molecule has 0 radical (unpaired) electrons. The topological polar surface area (TPSA) is 29.3 Å². The molecule has 2 atom stereocenters. The van der Waals surface area contributed by atoms with Crippen molar-refractivity contribution in [2.24, 2.45) is 5.73 Å². The lowest BCUT2D eigenvalue weighted by Crippen LogP contribution is -2.43. The summed E-state index contributed by atoms with van der Waals surface area (Å²) in [6.07, 6.45) is 10.6. The normalized spacial score (nSPS) is 27.9. The maximum absolute atomic E-state index is 5.85. The van der Waals surface area contributed by atoms with Gasteiger partial charge in [0.15, 0.2) is 0 Å². The molecule has 1 aromatic carbocycles. The molecule has 2 N–H and O–H groups in total. The minimum atomic E-state index is 0.644. The minimum Gasteiger partial charge on any atom is -0.330 e. The average molecular weight is 272 g/mol. The molecular formula is C18H28N2. The van der Waals surface area contributed by atoms with Crippen LogP contribution in [0.4, 0.5) is 0 Å². The summed E-state index contributed by atoms with van der Waals surface area (Å²) < 4.78 is 0. The molecule has 1 saturated heterocycles. The largest absolute Gasteiger partial charge is 0.330 e. The number of rotatable bonds is 3. The van der Waals surface area contributed by atoms with Crippen molar-refractivity contribution in [2.45, 2.75) is 63.5 Å². The zero-order valence-corrected chi connectivity index (χ0v) is 12.6. The van der Waals surface area contributed by atoms with Gasteiger partial charge in [-0.05, 0) is 62.7 Å². The quantitative estimate of drug-likeness (QED) is 0.851. The highest BCUT2D eigenvalue weighted by Crippen LogP contribution is 2.37. The van der Waals surface area contributed by atoms with Gasteiger partial charge in [-0.2, -0.15) is 0 Å². The van der Waals surface area contributed by atoms with Crippen LogP contribution in [0.2, 0.25) is 0 Å². The summed E-state index contributed by atoms with van der Waals surface area (Å²) in [7, 11) is 0. The van der Waals surface area contributed by atoms with Crippen LogP contribution < -0.4 is 5.73 Å². The number of aryl methyl sites for hydroxylation is 1. The first-order valence-electron chi connectivity index (χ1n) is 8.44. The Bertz CT molecular complexity index is 427. The molecule has 0 amide bonds. The summed E-state index contributed by atoms with van der Waals surface area (Å²) >= 11 is 0. The Kier molecular flexibility index (Phi) is 4.74. The van der Waals surface area contributed by atoms with Gasteiger partial charge in [-0.1, -0.05) is 37.1 Å². The first-order valence-corrected chi connectivity index (χ1v) is 8.44. The molecule has 1 fully saturated rings. The van der Waals surface area contributed by atoms with E-state index in [-0.39, 0.29) is 0 Å². The van der Waals surface area contributed by atoms with Crippen LogP contribution >= 0.6 is 0 Å². The lowest BCUT2D eigenvalue weighted by Gasteiger charge is -2.41. The van der Waals surface area contributed by atoms with Crippen molar-refractivity contribution in [1.29, 1.82) is 0 Å². The van der Waals surface area contributed by atoms with Gasteiger partial charge in [0.25, 0.3) is 0 Å². The van der Waals surface area contributed by atoms with Crippen molar-refractivity contribution in [2.75, 3.05) is 13.1 Å². The van der Waals surface area contributed by atoms with Crippen molar-refractivity contribution in [3.05, 3.63) is 35.4 Å². The van der Waals surface area contributed by atoms with Gasteiger partial charge in [0.2, 0.25) is 0 Å². The third kappa shape index (κ3) is 2.91. The Balaban J connectivity index is 1.87. The Hall–Kier alpha value is -0.860. The van der Waals surface area contributed by atoms with E-state index in [4.69, 9.17) is 5.73 Å². The number of likely N-dealkylation sites (tertiary alicyclic amines) is 1. The zero-order valence-electron chi connectivity index (χ0n) is 12.6. The van der Waals surface area contributed by atoms with Crippen molar-refractivity contribution in [3.8, 4) is 0 Å². The van der Waals surface area contributed by atoms with E-state index < -0.39 is 0 Å². The number of nitrogens with two attached hydrogens (primary N) is 1. The highest BCUT2D eigenvalue weighted by molar-refractivity contribution is 5.31. The molecule has 1 aliphatic heterocycles. The van der Waals surface area contributed by atoms with Crippen molar-refractivity contribution in [3.63, 3.8) is 0 Å². The molecular weight excluding hydrogens is 244 g/mol. The van der Waals surface area contributed by atoms with Gasteiger partial charge in [0, 0.05) is 12.1 Å². The summed E-state index contributed by atoms with van der Waals surface area (Å²) in [5, 5.41) is 0. The fraction of sp³-hybridized carbons (Fsp3) is 0.667. The SMILES string of the molecule is NCCC1CCCCN1C1CCCCc2ccccc21. The van der Waals surface area contributed by atoms with E-state index in [0.29, 0.717) is 12.1 Å². The molecule has 0 bridgehead atoms. The smallest absolute Gasteiger partial charge is 0.0353 e. The van der Waals surface area contributed by atoms with E-state index in [1.807, 2.05) is 0 Å². The van der Waals surface area contributed by atoms with Crippen LogP contribution in [0.25, 0.3) is 0 Å². The predicted octanol–water partition coefficient (Wildman–Crippen LogP) is 3.66. The predicted molar refractivity (Wildman–Crippen MR) is 84.8 cm³/mol. The molecule has 2 heteroatoms. The Morgan fingerprint density at radius 1 is 1.05 bits per heavy atom. The van der Waals surface area contributed by atoms with E-state index in [0.717, 1.165) is 6.54 Å². The molecule has 2 unspecified atom stereocenters. The number of hydrogen-bond donors (Lipinski definition) is 1. The number of benzene rings is 1. The Morgan fingerprint density at radius 3 is 2.80 bits per heavy atom. The first-order chi connectivity index (χ1) is 9.90. The van der Waals surface area contributed by atoms with Crippen LogP contribution in [0, 0.1) is 0 Å². The van der Waals surface area contributed by atoms with Crippen LogP contribution in [-0.2, 0) is 6.42 Å². The van der Waals surface area contributed by atoms with Crippen LogP contribution in [0.5, 0.6) is 0 Å². The molecule has 20 heavy (non-hydrogen) atoms. The molecule has 1 aliphatic carbocycles. The first kappa shape index (κ1) is 14.1. The summed E-state index contributed by atoms with van der Waals surface area (Å²) in [4.78, 5) is 2.79. The maximum atomic E-state index is 5.85. The van der Waals surface area contributed by atoms with Crippen molar-refractivity contribution < 1.29 is 0 Å². The molecule has 0 saturated carbocycles. The monoisotopic (exact) mass is 272 g/mol. The molecule has 0 aromatic heterocycles. The summed E-state index contributed by atoms with van der Waals surface area (Å²) in [5.74, 6) is 0. The summed E-state index contributed by atoms with van der Waals surface area (Å²) in [6, 6.07) is 10.5. The van der Waals surface area contributed by atoms with Gasteiger partial charge in [-0.3, -0.25) is 4.90 Å². The van der Waals surface area contributed by atoms with Gasteiger partial charge in [0.1, 0.15) is 0 Å². The third-order valence-corrected chi connectivity index (χ3v) is 5.16. The lowest BCUT2D eigenvalue weighted by atomic mass is 9.91. The molecule has 0 spiro atoms. The van der Waals surface area contributed by atoms with E-state index in [9.17, 15) is 0 Å². The van der Waals surface area contributed by atoms with Crippen LogP contribution in [0.15, 0.2) is 24.3 Å². The van der Waals surface area contributed by atoms with E-state index in [1.165, 1.54) is 57.9 Å². The van der Waals surface area contributed by atoms with E-state index in [1.54, 1.807) is 11.1 Å². The highest BCUT2D eigenvalue weighted by Gasteiger charge is 2.30. The molecule has 110 valence electrons. The van der Waals surface area contributed by atoms with E-state index >= 15 is 0 Å². The molecule has 2 aliphatic rings. The number of hydrogen-bond acceptors (Lipinski definition) is 2. The number of piperidine rings is 1. The minimum absolute atomic E-state index is 0.644. The van der Waals surface area contributed by atoms with Gasteiger partial charge < -0.3 is 5.73 Å². The zero-order chi connectivity index (χ0) is 13.8. The second-order valence-electron chi connectivity index (χ2n) is 6.43. The fourth-order valence-electron chi connectivity index (χ4n) is 4.18. The summed E-state index contributed by atoms with van der Waals surface area (Å²) in [5.41, 5.74) is 9.05. The molecule has 2 nitrogen and oxygen atoms in total. The fourth-order valence-corrected chi connectivity index (χ4v) is 4.18. The molecule has 1 heterocycles. The summed E-state index contributed by atoms with van der Waals surface area (Å²) in [6.45, 7) is 2.10. The van der Waals surface area contributed by atoms with Crippen molar-refractivity contribution >= 4 is 0 Å². The average Bonchev–Trinajstić information content (AvgIpc) is 2.71. The maximum Gasteiger partial charge on any atom is 0.0353 e. The van der Waals surface area contributed by atoms with Crippen LogP contribution in [0.3, 0.4) is 0 Å². The standard InChI is InChI=1S/C18H28N2/c19-13-12-16-9-5-6-14-20(16)18-11-4-2-8-15-7-1-3-10-17(15)18/h1,3,7,10,16,18H,2,4-6,8-9,11-14,19H2. The van der Waals surface area contributed by atoms with Gasteiger partial charge in [-0.25, -0.2) is 0 Å². The highest BCUT2D eigenvalue weighted by atomic mass is 15.2. The molecule has 1 aromatic rings. The van der Waals surface area contributed by atoms with E-state index in [2.05, 4.69) is 29.2 Å². The third-order valence-electron chi connectivity index (χ3n) is 5.16. The molecule has 3 rings (SSSR count). The number of nitrogens with zero attached hydrogens (tertiary/aromatic N) is 1. The van der Waals surface area contributed by atoms with Gasteiger partial charge >= 0.3 is 0 Å². The Morgan fingerprint density at radius 2 is 1.90 bits per heavy atom. The lowest BCUT2D eigenvalue weighted by molar-refractivity contribution is 0.0843. The Labute approximate surface area is 123 Å². The van der Waals surface area contributed by atoms with Crippen LogP contribution in [-0.4, -0.2) is 24.0 Å². The van der Waals surface area contributed by atoms with Crippen molar-refractivity contribution in [1.82, 2.24) is 4.90 Å². The van der Waals surface area contributed by atoms with Gasteiger partial charge in [0.05, 0.1) is 0 Å². The van der Waals surface area contributed by atoms with Gasteiger partial charge in [-0.15, -0.1) is 0 Å². The van der Waals surface area contributed by atoms with Crippen LogP contribution in [0.1, 0.15) is 62.1 Å².